The number of amides is 2. The van der Waals surface area contributed by atoms with E-state index in [0.29, 0.717) is 24.2 Å². The molecule has 116 valence electrons. The van der Waals surface area contributed by atoms with Crippen LogP contribution in [-0.2, 0) is 4.79 Å². The first-order chi connectivity index (χ1) is 10.6. The molecule has 0 saturated carbocycles. The number of nitrogens with one attached hydrogen (secondary N) is 1. The SMILES string of the molecule is Cc1cc2cccc(C(=O)N3CCNC(=O)[C@H]3CCO)c2o1. The highest BCUT2D eigenvalue weighted by Gasteiger charge is 2.34. The van der Waals surface area contributed by atoms with Gasteiger partial charge in [-0.05, 0) is 25.5 Å². The number of benzene rings is 1. The Hall–Kier alpha value is -2.34. The van der Waals surface area contributed by atoms with E-state index in [0.717, 1.165) is 11.1 Å². The molecule has 22 heavy (non-hydrogen) atoms. The Labute approximate surface area is 127 Å². The summed E-state index contributed by atoms with van der Waals surface area (Å²) in [5.74, 6) is 0.267. The van der Waals surface area contributed by atoms with Crippen molar-refractivity contribution in [2.75, 3.05) is 19.7 Å². The van der Waals surface area contributed by atoms with Gasteiger partial charge in [0, 0.05) is 25.1 Å². The van der Waals surface area contributed by atoms with E-state index in [4.69, 9.17) is 9.52 Å². The Morgan fingerprint density at radius 3 is 3.09 bits per heavy atom. The molecule has 1 aliphatic rings. The van der Waals surface area contributed by atoms with Crippen molar-refractivity contribution in [3.63, 3.8) is 0 Å². The maximum Gasteiger partial charge on any atom is 0.258 e. The summed E-state index contributed by atoms with van der Waals surface area (Å²) in [6, 6.07) is 6.63. The van der Waals surface area contributed by atoms with Crippen LogP contribution in [0.15, 0.2) is 28.7 Å². The predicted molar refractivity (Wildman–Crippen MR) is 80.5 cm³/mol. The molecule has 1 aromatic carbocycles. The van der Waals surface area contributed by atoms with Crippen molar-refractivity contribution in [1.82, 2.24) is 10.2 Å². The standard InChI is InChI=1S/C16H18N2O4/c1-10-9-11-3-2-4-12(14(11)22-10)16(21)18-7-6-17-15(20)13(18)5-8-19/h2-4,9,13,19H,5-8H2,1H3,(H,17,20)/t13-/m1/s1. The molecule has 0 spiro atoms. The van der Waals surface area contributed by atoms with Crippen LogP contribution < -0.4 is 5.32 Å². The molecule has 6 nitrogen and oxygen atoms in total. The van der Waals surface area contributed by atoms with Gasteiger partial charge in [0.05, 0.1) is 5.56 Å². The van der Waals surface area contributed by atoms with Gasteiger partial charge in [-0.2, -0.15) is 0 Å². The first-order valence-corrected chi connectivity index (χ1v) is 7.30. The molecule has 0 radical (unpaired) electrons. The van der Waals surface area contributed by atoms with Gasteiger partial charge in [-0.3, -0.25) is 9.59 Å². The highest BCUT2D eigenvalue weighted by molar-refractivity contribution is 6.06. The third kappa shape index (κ3) is 2.46. The van der Waals surface area contributed by atoms with E-state index in [1.165, 1.54) is 4.90 Å². The molecule has 2 amide bonds. The second-order valence-corrected chi connectivity index (χ2v) is 5.40. The normalized spacial score (nSPS) is 18.5. The van der Waals surface area contributed by atoms with Crippen molar-refractivity contribution in [1.29, 1.82) is 0 Å². The monoisotopic (exact) mass is 302 g/mol. The van der Waals surface area contributed by atoms with E-state index >= 15 is 0 Å². The fourth-order valence-electron chi connectivity index (χ4n) is 2.88. The molecule has 1 fully saturated rings. The van der Waals surface area contributed by atoms with Gasteiger partial charge in [0.25, 0.3) is 5.91 Å². The van der Waals surface area contributed by atoms with Crippen molar-refractivity contribution in [2.24, 2.45) is 0 Å². The van der Waals surface area contributed by atoms with E-state index in [-0.39, 0.29) is 24.8 Å². The van der Waals surface area contributed by atoms with Crippen LogP contribution in [0.3, 0.4) is 0 Å². The minimum Gasteiger partial charge on any atom is -0.461 e. The highest BCUT2D eigenvalue weighted by Crippen LogP contribution is 2.25. The summed E-state index contributed by atoms with van der Waals surface area (Å²) in [5.41, 5.74) is 0.988. The van der Waals surface area contributed by atoms with Crippen LogP contribution >= 0.6 is 0 Å². The molecule has 1 aliphatic heterocycles. The number of hydrogen-bond acceptors (Lipinski definition) is 4. The Morgan fingerprint density at radius 2 is 2.32 bits per heavy atom. The van der Waals surface area contributed by atoms with Crippen molar-refractivity contribution < 1.29 is 19.1 Å². The number of furan rings is 1. The van der Waals surface area contributed by atoms with E-state index in [1.807, 2.05) is 19.1 Å². The first kappa shape index (κ1) is 14.6. The molecule has 1 atom stereocenters. The van der Waals surface area contributed by atoms with Crippen molar-refractivity contribution in [3.8, 4) is 0 Å². The lowest BCUT2D eigenvalue weighted by atomic mass is 10.1. The zero-order valence-electron chi connectivity index (χ0n) is 12.3. The largest absolute Gasteiger partial charge is 0.461 e. The summed E-state index contributed by atoms with van der Waals surface area (Å²) in [5, 5.41) is 12.7. The molecule has 2 aromatic rings. The van der Waals surface area contributed by atoms with Gasteiger partial charge >= 0.3 is 0 Å². The summed E-state index contributed by atoms with van der Waals surface area (Å²) >= 11 is 0. The average molecular weight is 302 g/mol. The van der Waals surface area contributed by atoms with Crippen LogP contribution in [-0.4, -0.2) is 47.6 Å². The summed E-state index contributed by atoms with van der Waals surface area (Å²) < 4.78 is 5.64. The van der Waals surface area contributed by atoms with Crippen LogP contribution in [0.1, 0.15) is 22.5 Å². The number of piperazine rings is 1. The van der Waals surface area contributed by atoms with Gasteiger partial charge in [0.15, 0.2) is 0 Å². The van der Waals surface area contributed by atoms with Gasteiger partial charge < -0.3 is 19.7 Å². The van der Waals surface area contributed by atoms with Crippen molar-refractivity contribution in [2.45, 2.75) is 19.4 Å². The molecule has 6 heteroatoms. The number of aryl methyl sites for hydroxylation is 1. The summed E-state index contributed by atoms with van der Waals surface area (Å²) in [4.78, 5) is 26.3. The molecule has 1 saturated heterocycles. The number of carbonyl (C=O) groups excluding carboxylic acids is 2. The van der Waals surface area contributed by atoms with Gasteiger partial charge in [0.1, 0.15) is 17.4 Å². The first-order valence-electron chi connectivity index (χ1n) is 7.30. The number of hydrogen-bond donors (Lipinski definition) is 2. The molecule has 0 bridgehead atoms. The number of carbonyl (C=O) groups is 2. The zero-order chi connectivity index (χ0) is 15.7. The fraction of sp³-hybridized carbons (Fsp3) is 0.375. The minimum atomic E-state index is -0.641. The lowest BCUT2D eigenvalue weighted by Gasteiger charge is -2.34. The molecule has 0 unspecified atom stereocenters. The second kappa shape index (κ2) is 5.81. The number of fused-ring (bicyclic) bond motifs is 1. The van der Waals surface area contributed by atoms with Gasteiger partial charge in [0.2, 0.25) is 5.91 Å². The molecule has 0 aliphatic carbocycles. The van der Waals surface area contributed by atoms with Crippen molar-refractivity contribution >= 4 is 22.8 Å². The van der Waals surface area contributed by atoms with Gasteiger partial charge in [-0.1, -0.05) is 12.1 Å². The van der Waals surface area contributed by atoms with Gasteiger partial charge in [-0.15, -0.1) is 0 Å². The van der Waals surface area contributed by atoms with E-state index in [9.17, 15) is 9.59 Å². The molecule has 2 N–H and O–H groups in total. The number of para-hydroxylation sites is 1. The predicted octanol–water partition coefficient (Wildman–Crippen LogP) is 1.06. The van der Waals surface area contributed by atoms with E-state index in [1.54, 1.807) is 12.1 Å². The topological polar surface area (TPSA) is 82.8 Å². The Morgan fingerprint density at radius 1 is 1.50 bits per heavy atom. The smallest absolute Gasteiger partial charge is 0.258 e. The number of aliphatic hydroxyl groups is 1. The molecule has 1 aromatic heterocycles. The summed E-state index contributed by atoms with van der Waals surface area (Å²) in [6.45, 7) is 2.52. The minimum absolute atomic E-state index is 0.147. The summed E-state index contributed by atoms with van der Waals surface area (Å²) in [6.07, 6.45) is 0.227. The molecule has 3 rings (SSSR count). The number of nitrogens with zero attached hydrogens (tertiary/aromatic N) is 1. The molecule has 2 heterocycles. The quantitative estimate of drug-likeness (QED) is 0.888. The van der Waals surface area contributed by atoms with Crippen LogP contribution in [0.2, 0.25) is 0 Å². The zero-order valence-corrected chi connectivity index (χ0v) is 12.3. The Kier molecular flexibility index (Phi) is 3.85. The van der Waals surface area contributed by atoms with Crippen LogP contribution in [0.4, 0.5) is 0 Å². The van der Waals surface area contributed by atoms with Crippen LogP contribution in [0, 0.1) is 6.92 Å². The van der Waals surface area contributed by atoms with E-state index in [2.05, 4.69) is 5.32 Å². The summed E-state index contributed by atoms with van der Waals surface area (Å²) in [7, 11) is 0. The number of rotatable bonds is 3. The lowest BCUT2D eigenvalue weighted by molar-refractivity contribution is -0.128. The second-order valence-electron chi connectivity index (χ2n) is 5.40. The van der Waals surface area contributed by atoms with E-state index < -0.39 is 6.04 Å². The van der Waals surface area contributed by atoms with Crippen molar-refractivity contribution in [3.05, 3.63) is 35.6 Å². The average Bonchev–Trinajstić information content (AvgIpc) is 2.88. The lowest BCUT2D eigenvalue weighted by Crippen LogP contribution is -2.57. The maximum atomic E-state index is 12.9. The fourth-order valence-corrected chi connectivity index (χ4v) is 2.88. The molecular weight excluding hydrogens is 284 g/mol. The van der Waals surface area contributed by atoms with Crippen LogP contribution in [0.25, 0.3) is 11.0 Å². The highest BCUT2D eigenvalue weighted by atomic mass is 16.3. The van der Waals surface area contributed by atoms with Gasteiger partial charge in [-0.25, -0.2) is 0 Å². The third-order valence-electron chi connectivity index (χ3n) is 3.89. The molecular formula is C16H18N2O4. The maximum absolute atomic E-state index is 12.9. The Balaban J connectivity index is 1.98. The number of aliphatic hydroxyl groups excluding tert-OH is 1. The Bertz CT molecular complexity index is 722. The third-order valence-corrected chi connectivity index (χ3v) is 3.89. The van der Waals surface area contributed by atoms with Crippen LogP contribution in [0.5, 0.6) is 0 Å².